The lowest BCUT2D eigenvalue weighted by atomic mass is 10.1. The Hall–Kier alpha value is -4.41. The topological polar surface area (TPSA) is 106 Å². The zero-order valence-corrected chi connectivity index (χ0v) is 20.7. The lowest BCUT2D eigenvalue weighted by molar-refractivity contribution is 0.397. The van der Waals surface area contributed by atoms with Crippen LogP contribution >= 0.6 is 0 Å². The van der Waals surface area contributed by atoms with Crippen LogP contribution in [0, 0.1) is 6.92 Å². The van der Waals surface area contributed by atoms with Crippen LogP contribution in [0.1, 0.15) is 41.4 Å². The molecule has 0 saturated heterocycles. The normalized spacial score (nSPS) is 13.3. The van der Waals surface area contributed by atoms with Crippen molar-refractivity contribution >= 4 is 11.0 Å². The van der Waals surface area contributed by atoms with E-state index in [1.807, 2.05) is 29.8 Å². The Bertz CT molecular complexity index is 1610. The molecule has 37 heavy (non-hydrogen) atoms. The first-order valence-electron chi connectivity index (χ1n) is 12.0. The van der Waals surface area contributed by atoms with Gasteiger partial charge in [0.25, 0.3) is 0 Å². The Morgan fingerprint density at radius 1 is 1.05 bits per heavy atom. The SMILES string of the molecule is COc1cc(Cn2ncc3cnc(-c4c(OC)ncnc4C4CC4)nc32)ccc1-n1nc(CF)cc1C. The van der Waals surface area contributed by atoms with Crippen molar-refractivity contribution in [2.45, 2.75) is 38.9 Å². The van der Waals surface area contributed by atoms with Crippen molar-refractivity contribution in [3.05, 3.63) is 65.6 Å². The lowest BCUT2D eigenvalue weighted by Gasteiger charge is -2.13. The molecule has 0 aliphatic heterocycles. The number of methoxy groups -OCH3 is 2. The molecule has 1 aromatic carbocycles. The van der Waals surface area contributed by atoms with Crippen LogP contribution in [0.2, 0.25) is 0 Å². The number of benzene rings is 1. The van der Waals surface area contributed by atoms with Gasteiger partial charge in [0.15, 0.2) is 11.5 Å². The molecule has 0 radical (unpaired) electrons. The first kappa shape index (κ1) is 23.0. The van der Waals surface area contributed by atoms with Crippen molar-refractivity contribution in [3.8, 4) is 28.7 Å². The van der Waals surface area contributed by atoms with Gasteiger partial charge >= 0.3 is 0 Å². The third-order valence-corrected chi connectivity index (χ3v) is 6.48. The zero-order valence-electron chi connectivity index (χ0n) is 20.7. The minimum Gasteiger partial charge on any atom is -0.494 e. The van der Waals surface area contributed by atoms with Gasteiger partial charge in [-0.15, -0.1) is 0 Å². The van der Waals surface area contributed by atoms with E-state index >= 15 is 0 Å². The molecule has 1 saturated carbocycles. The van der Waals surface area contributed by atoms with Crippen molar-refractivity contribution in [1.82, 2.24) is 39.5 Å². The summed E-state index contributed by atoms with van der Waals surface area (Å²) in [6.45, 7) is 1.73. The largest absolute Gasteiger partial charge is 0.494 e. The standard InChI is InChI=1S/C26H25FN8O2/c1-15-8-19(10-27)33-35(15)20-7-4-16(9-21(20)36-2)13-34-25-18(12-31-34)11-28-24(32-25)22-23(17-5-6-17)29-14-30-26(22)37-3/h4,7-9,11-12,14,17H,5-6,10,13H2,1-3H3. The highest BCUT2D eigenvalue weighted by atomic mass is 19.1. The number of alkyl halides is 1. The summed E-state index contributed by atoms with van der Waals surface area (Å²) >= 11 is 0. The first-order valence-corrected chi connectivity index (χ1v) is 12.0. The Morgan fingerprint density at radius 2 is 1.92 bits per heavy atom. The van der Waals surface area contributed by atoms with Crippen molar-refractivity contribution < 1.29 is 13.9 Å². The molecule has 4 heterocycles. The molecule has 11 heteroatoms. The summed E-state index contributed by atoms with van der Waals surface area (Å²) in [5.74, 6) is 1.98. The van der Waals surface area contributed by atoms with Gasteiger partial charge in [0.05, 0.1) is 43.7 Å². The summed E-state index contributed by atoms with van der Waals surface area (Å²) in [5, 5.41) is 9.71. The van der Waals surface area contributed by atoms with Gasteiger partial charge in [0.1, 0.15) is 30.0 Å². The molecule has 5 aromatic rings. The van der Waals surface area contributed by atoms with E-state index in [2.05, 4.69) is 25.1 Å². The van der Waals surface area contributed by atoms with Crippen molar-refractivity contribution in [2.75, 3.05) is 14.2 Å². The molecular formula is C26H25FN8O2. The van der Waals surface area contributed by atoms with Gasteiger partial charge in [-0.05, 0) is 43.5 Å². The highest BCUT2D eigenvalue weighted by Gasteiger charge is 2.31. The number of halogens is 1. The number of aryl methyl sites for hydroxylation is 1. The van der Waals surface area contributed by atoms with E-state index in [1.165, 1.54) is 6.33 Å². The number of nitrogens with zero attached hydrogens (tertiary/aromatic N) is 8. The maximum absolute atomic E-state index is 13.1. The fourth-order valence-corrected chi connectivity index (χ4v) is 4.53. The van der Waals surface area contributed by atoms with Gasteiger partial charge < -0.3 is 9.47 Å². The molecule has 0 unspecified atom stereocenters. The summed E-state index contributed by atoms with van der Waals surface area (Å²) in [6.07, 6.45) is 7.20. The summed E-state index contributed by atoms with van der Waals surface area (Å²) in [6, 6.07) is 7.54. The first-order chi connectivity index (χ1) is 18.1. The number of ether oxygens (including phenoxy) is 2. The molecule has 0 amide bonds. The Kier molecular flexibility index (Phi) is 5.74. The third kappa shape index (κ3) is 4.15. The molecule has 1 aliphatic carbocycles. The monoisotopic (exact) mass is 500 g/mol. The minimum absolute atomic E-state index is 0.376. The van der Waals surface area contributed by atoms with Crippen LogP contribution in [0.3, 0.4) is 0 Å². The Morgan fingerprint density at radius 3 is 2.65 bits per heavy atom. The fourth-order valence-electron chi connectivity index (χ4n) is 4.53. The van der Waals surface area contributed by atoms with E-state index in [0.29, 0.717) is 41.3 Å². The summed E-state index contributed by atoms with van der Waals surface area (Å²) in [7, 11) is 3.19. The second-order valence-electron chi connectivity index (χ2n) is 9.02. The highest BCUT2D eigenvalue weighted by molar-refractivity contribution is 5.77. The van der Waals surface area contributed by atoms with Crippen LogP contribution in [-0.2, 0) is 13.2 Å². The quantitative estimate of drug-likeness (QED) is 0.312. The molecule has 188 valence electrons. The van der Waals surface area contributed by atoms with Gasteiger partial charge in [0, 0.05) is 17.8 Å². The average molecular weight is 501 g/mol. The number of hydrogen-bond donors (Lipinski definition) is 0. The summed E-state index contributed by atoms with van der Waals surface area (Å²) in [5.41, 5.74) is 5.25. The smallest absolute Gasteiger partial charge is 0.227 e. The third-order valence-electron chi connectivity index (χ3n) is 6.48. The van der Waals surface area contributed by atoms with E-state index < -0.39 is 6.67 Å². The highest BCUT2D eigenvalue weighted by Crippen LogP contribution is 2.44. The van der Waals surface area contributed by atoms with Crippen molar-refractivity contribution in [1.29, 1.82) is 0 Å². The maximum Gasteiger partial charge on any atom is 0.227 e. The molecule has 0 atom stereocenters. The number of aromatic nitrogens is 8. The van der Waals surface area contributed by atoms with Crippen molar-refractivity contribution in [2.24, 2.45) is 0 Å². The van der Waals surface area contributed by atoms with E-state index in [9.17, 15) is 4.39 Å². The van der Waals surface area contributed by atoms with Gasteiger partial charge in [-0.1, -0.05) is 6.07 Å². The molecule has 0 N–H and O–H groups in total. The second kappa shape index (κ2) is 9.23. The van der Waals surface area contributed by atoms with Gasteiger partial charge in [-0.2, -0.15) is 10.2 Å². The zero-order chi connectivity index (χ0) is 25.5. The van der Waals surface area contributed by atoms with Crippen LogP contribution in [0.25, 0.3) is 28.1 Å². The van der Waals surface area contributed by atoms with E-state index in [4.69, 9.17) is 14.5 Å². The van der Waals surface area contributed by atoms with Crippen LogP contribution in [-0.4, -0.2) is 53.7 Å². The van der Waals surface area contributed by atoms with Gasteiger partial charge in [-0.25, -0.2) is 33.7 Å². The molecule has 10 nitrogen and oxygen atoms in total. The van der Waals surface area contributed by atoms with Crippen LogP contribution < -0.4 is 9.47 Å². The minimum atomic E-state index is -0.617. The maximum atomic E-state index is 13.1. The Labute approximate surface area is 212 Å². The molecular weight excluding hydrogens is 475 g/mol. The molecule has 1 fully saturated rings. The predicted octanol–water partition coefficient (Wildman–Crippen LogP) is 4.19. The van der Waals surface area contributed by atoms with Gasteiger partial charge in [0.2, 0.25) is 5.88 Å². The average Bonchev–Trinajstić information content (AvgIpc) is 3.61. The molecule has 0 bridgehead atoms. The second-order valence-corrected chi connectivity index (χ2v) is 9.02. The van der Waals surface area contributed by atoms with Crippen LogP contribution in [0.15, 0.2) is 43.0 Å². The van der Waals surface area contributed by atoms with E-state index in [-0.39, 0.29) is 0 Å². The van der Waals surface area contributed by atoms with Gasteiger partial charge in [-0.3, -0.25) is 0 Å². The fraction of sp³-hybridized carbons (Fsp3) is 0.308. The lowest BCUT2D eigenvalue weighted by Crippen LogP contribution is -2.07. The van der Waals surface area contributed by atoms with E-state index in [1.54, 1.807) is 37.4 Å². The van der Waals surface area contributed by atoms with Crippen molar-refractivity contribution in [3.63, 3.8) is 0 Å². The number of rotatable bonds is 8. The Balaban J connectivity index is 1.37. The summed E-state index contributed by atoms with van der Waals surface area (Å²) < 4.78 is 27.8. The van der Waals surface area contributed by atoms with E-state index in [0.717, 1.165) is 46.4 Å². The molecule has 6 rings (SSSR count). The number of fused-ring (bicyclic) bond motifs is 1. The molecule has 4 aromatic heterocycles. The predicted molar refractivity (Wildman–Crippen MR) is 134 cm³/mol. The molecule has 1 aliphatic rings. The van der Waals surface area contributed by atoms with Crippen LogP contribution in [0.5, 0.6) is 11.6 Å². The molecule has 0 spiro atoms. The summed E-state index contributed by atoms with van der Waals surface area (Å²) in [4.78, 5) is 18.3. The number of hydrogen-bond acceptors (Lipinski definition) is 8. The van der Waals surface area contributed by atoms with Crippen LogP contribution in [0.4, 0.5) is 4.39 Å².